The summed E-state index contributed by atoms with van der Waals surface area (Å²) in [5, 5.41) is 0. The summed E-state index contributed by atoms with van der Waals surface area (Å²) in [6.07, 6.45) is 8.05. The van der Waals surface area contributed by atoms with Gasteiger partial charge in [-0.3, -0.25) is 0 Å². The molecule has 0 aromatic rings. The van der Waals surface area contributed by atoms with Crippen LogP contribution in [0, 0.1) is 11.8 Å². The first kappa shape index (κ1) is 25.1. The van der Waals surface area contributed by atoms with Crippen molar-refractivity contribution in [3.8, 4) is 0 Å². The number of hydrogen-bond donors (Lipinski definition) is 0. The lowest BCUT2D eigenvalue weighted by Gasteiger charge is -2.29. The molecule has 1 saturated carbocycles. The normalized spacial score (nSPS) is 24.3. The SMILES string of the molecule is CCCC1CCC(OCC(C)OCC(C)/C(CC)=C(F)/C(F)=C(\C)OC)CC1. The summed E-state index contributed by atoms with van der Waals surface area (Å²) < 4.78 is 45.2. The fourth-order valence-corrected chi connectivity index (χ4v) is 3.83. The molecule has 1 aliphatic rings. The summed E-state index contributed by atoms with van der Waals surface area (Å²) in [5.41, 5.74) is 0.413. The van der Waals surface area contributed by atoms with Crippen LogP contribution in [0.25, 0.3) is 0 Å². The first-order valence-electron chi connectivity index (χ1n) is 10.9. The van der Waals surface area contributed by atoms with Gasteiger partial charge in [-0.15, -0.1) is 0 Å². The van der Waals surface area contributed by atoms with E-state index in [9.17, 15) is 8.78 Å². The van der Waals surface area contributed by atoms with Gasteiger partial charge in [0.15, 0.2) is 11.7 Å². The van der Waals surface area contributed by atoms with Gasteiger partial charge in [-0.05, 0) is 57.4 Å². The predicted molar refractivity (Wildman–Crippen MR) is 110 cm³/mol. The van der Waals surface area contributed by atoms with Crippen LogP contribution in [0.4, 0.5) is 8.78 Å². The minimum Gasteiger partial charge on any atom is -0.498 e. The van der Waals surface area contributed by atoms with Crippen molar-refractivity contribution in [2.24, 2.45) is 11.8 Å². The lowest BCUT2D eigenvalue weighted by molar-refractivity contribution is -0.0549. The van der Waals surface area contributed by atoms with E-state index in [2.05, 4.69) is 6.92 Å². The van der Waals surface area contributed by atoms with Crippen LogP contribution in [0.1, 0.15) is 79.6 Å². The molecule has 0 radical (unpaired) electrons. The van der Waals surface area contributed by atoms with Gasteiger partial charge in [-0.1, -0.05) is 33.6 Å². The Kier molecular flexibility index (Phi) is 11.9. The zero-order valence-electron chi connectivity index (χ0n) is 18.7. The molecule has 1 aliphatic carbocycles. The second-order valence-corrected chi connectivity index (χ2v) is 8.08. The highest BCUT2D eigenvalue weighted by atomic mass is 19.2. The van der Waals surface area contributed by atoms with Crippen molar-refractivity contribution in [3.63, 3.8) is 0 Å². The van der Waals surface area contributed by atoms with Crippen LogP contribution >= 0.6 is 0 Å². The third-order valence-electron chi connectivity index (χ3n) is 5.75. The van der Waals surface area contributed by atoms with Crippen LogP contribution in [0.2, 0.25) is 0 Å². The Bertz CT molecular complexity index is 508. The van der Waals surface area contributed by atoms with Crippen molar-refractivity contribution >= 4 is 0 Å². The molecule has 0 saturated heterocycles. The summed E-state index contributed by atoms with van der Waals surface area (Å²) in [4.78, 5) is 0. The van der Waals surface area contributed by atoms with Crippen LogP contribution in [0.15, 0.2) is 23.0 Å². The van der Waals surface area contributed by atoms with Gasteiger partial charge in [-0.25, -0.2) is 8.78 Å². The van der Waals surface area contributed by atoms with Crippen LogP contribution in [0.3, 0.4) is 0 Å². The molecule has 0 spiro atoms. The predicted octanol–water partition coefficient (Wildman–Crippen LogP) is 6.88. The van der Waals surface area contributed by atoms with Crippen molar-refractivity contribution in [2.75, 3.05) is 20.3 Å². The number of hydrogen-bond acceptors (Lipinski definition) is 3. The molecule has 0 bridgehead atoms. The molecule has 1 fully saturated rings. The highest BCUT2D eigenvalue weighted by molar-refractivity contribution is 5.28. The van der Waals surface area contributed by atoms with Crippen molar-refractivity contribution in [3.05, 3.63) is 23.0 Å². The molecule has 0 N–H and O–H groups in total. The molecular formula is C23H40F2O3. The van der Waals surface area contributed by atoms with Crippen LogP contribution in [0.5, 0.6) is 0 Å². The quantitative estimate of drug-likeness (QED) is 0.263. The van der Waals surface area contributed by atoms with E-state index in [1.165, 1.54) is 39.7 Å². The van der Waals surface area contributed by atoms with E-state index in [1.54, 1.807) is 0 Å². The minimum atomic E-state index is -0.929. The lowest BCUT2D eigenvalue weighted by Crippen LogP contribution is -2.27. The maximum atomic E-state index is 14.4. The van der Waals surface area contributed by atoms with Crippen LogP contribution in [-0.4, -0.2) is 32.5 Å². The topological polar surface area (TPSA) is 27.7 Å². The van der Waals surface area contributed by atoms with Crippen molar-refractivity contribution in [2.45, 2.75) is 91.8 Å². The number of ether oxygens (including phenoxy) is 3. The van der Waals surface area contributed by atoms with Gasteiger partial charge in [0.1, 0.15) is 5.76 Å². The van der Waals surface area contributed by atoms with Gasteiger partial charge in [0.25, 0.3) is 0 Å². The van der Waals surface area contributed by atoms with E-state index >= 15 is 0 Å². The second-order valence-electron chi connectivity index (χ2n) is 8.08. The monoisotopic (exact) mass is 402 g/mol. The van der Waals surface area contributed by atoms with Crippen molar-refractivity contribution < 1.29 is 23.0 Å². The number of rotatable bonds is 12. The summed E-state index contributed by atoms with van der Waals surface area (Å²) >= 11 is 0. The molecule has 0 aliphatic heterocycles. The molecule has 0 amide bonds. The molecule has 164 valence electrons. The minimum absolute atomic E-state index is 0.0491. The third-order valence-corrected chi connectivity index (χ3v) is 5.75. The number of halogens is 2. The lowest BCUT2D eigenvalue weighted by atomic mass is 9.85. The van der Waals surface area contributed by atoms with Crippen molar-refractivity contribution in [1.29, 1.82) is 0 Å². The van der Waals surface area contributed by atoms with E-state index in [4.69, 9.17) is 14.2 Å². The summed E-state index contributed by atoms with van der Waals surface area (Å²) in [7, 11) is 1.33. The van der Waals surface area contributed by atoms with Crippen molar-refractivity contribution in [1.82, 2.24) is 0 Å². The highest BCUT2D eigenvalue weighted by Gasteiger charge is 2.22. The van der Waals surface area contributed by atoms with Crippen LogP contribution in [-0.2, 0) is 14.2 Å². The van der Waals surface area contributed by atoms with E-state index < -0.39 is 11.7 Å². The molecule has 1 rings (SSSR count). The molecule has 5 heteroatoms. The van der Waals surface area contributed by atoms with Gasteiger partial charge in [0, 0.05) is 5.92 Å². The molecule has 0 aromatic carbocycles. The Hall–Kier alpha value is -0.940. The fraction of sp³-hybridized carbons (Fsp3) is 0.826. The molecular weight excluding hydrogens is 362 g/mol. The summed E-state index contributed by atoms with van der Waals surface area (Å²) in [5.74, 6) is -1.16. The Morgan fingerprint density at radius 3 is 2.18 bits per heavy atom. The largest absolute Gasteiger partial charge is 0.498 e. The van der Waals surface area contributed by atoms with E-state index in [-0.39, 0.29) is 17.8 Å². The van der Waals surface area contributed by atoms with E-state index in [0.717, 1.165) is 18.8 Å². The standard InChI is InChI=1S/C23H40F2O3/c1-7-9-19-10-12-20(13-11-19)28-15-17(4)27-14-16(3)21(8-2)23(25)22(24)18(5)26-6/h16-17,19-20H,7-15H2,1-6H3/b22-18-,23-21-. The molecule has 0 heterocycles. The second kappa shape index (κ2) is 13.3. The first-order chi connectivity index (χ1) is 13.3. The molecule has 2 atom stereocenters. The smallest absolute Gasteiger partial charge is 0.195 e. The Morgan fingerprint density at radius 1 is 1.00 bits per heavy atom. The summed E-state index contributed by atoms with van der Waals surface area (Å²) in [6, 6.07) is 0. The molecule has 2 unspecified atom stereocenters. The zero-order valence-corrected chi connectivity index (χ0v) is 18.7. The highest BCUT2D eigenvalue weighted by Crippen LogP contribution is 2.30. The molecule has 3 nitrogen and oxygen atoms in total. The van der Waals surface area contributed by atoms with Gasteiger partial charge in [-0.2, -0.15) is 0 Å². The zero-order chi connectivity index (χ0) is 21.1. The van der Waals surface area contributed by atoms with E-state index in [1.807, 2.05) is 20.8 Å². The average Bonchev–Trinajstić information content (AvgIpc) is 2.71. The van der Waals surface area contributed by atoms with Gasteiger partial charge in [0.2, 0.25) is 0 Å². The Morgan fingerprint density at radius 2 is 1.64 bits per heavy atom. The maximum absolute atomic E-state index is 14.4. The fourth-order valence-electron chi connectivity index (χ4n) is 3.83. The van der Waals surface area contributed by atoms with Crippen LogP contribution < -0.4 is 0 Å². The number of methoxy groups -OCH3 is 1. The summed E-state index contributed by atoms with van der Waals surface area (Å²) in [6.45, 7) is 10.2. The van der Waals surface area contributed by atoms with E-state index in [0.29, 0.717) is 31.3 Å². The maximum Gasteiger partial charge on any atom is 0.195 e. The Balaban J connectivity index is 2.43. The molecule has 28 heavy (non-hydrogen) atoms. The molecule has 0 aromatic heterocycles. The van der Waals surface area contributed by atoms with Gasteiger partial charge >= 0.3 is 0 Å². The van der Waals surface area contributed by atoms with Gasteiger partial charge < -0.3 is 14.2 Å². The average molecular weight is 403 g/mol. The Labute approximate surface area is 170 Å². The third kappa shape index (κ3) is 8.20. The first-order valence-corrected chi connectivity index (χ1v) is 10.9. The number of allylic oxidation sites excluding steroid dienone is 3. The van der Waals surface area contributed by atoms with Gasteiger partial charge in [0.05, 0.1) is 32.5 Å².